The van der Waals surface area contributed by atoms with Gasteiger partial charge in [-0.3, -0.25) is 0 Å². The van der Waals surface area contributed by atoms with E-state index in [0.29, 0.717) is 5.92 Å². The number of fused-ring (bicyclic) bond motifs is 1. The van der Waals surface area contributed by atoms with Gasteiger partial charge in [-0.05, 0) is 23.6 Å². The van der Waals surface area contributed by atoms with Crippen molar-refractivity contribution in [3.05, 3.63) is 30.0 Å². The number of rotatable bonds is 2. The summed E-state index contributed by atoms with van der Waals surface area (Å²) in [7, 11) is 4.06. The summed E-state index contributed by atoms with van der Waals surface area (Å²) in [4.78, 5) is 0. The van der Waals surface area contributed by atoms with Gasteiger partial charge in [-0.25, -0.2) is 0 Å². The van der Waals surface area contributed by atoms with Gasteiger partial charge in [0.2, 0.25) is 0 Å². The average Bonchev–Trinajstić information content (AvgIpc) is 2.56. The molecule has 0 bridgehead atoms. The molecule has 0 atom stereocenters. The Morgan fingerprint density at radius 2 is 2.00 bits per heavy atom. The first kappa shape index (κ1) is 10.1. The van der Waals surface area contributed by atoms with Crippen molar-refractivity contribution >= 4 is 16.6 Å². The molecule has 80 valence electrons. The molecule has 1 aromatic carbocycles. The summed E-state index contributed by atoms with van der Waals surface area (Å²) < 4.78 is 2.20. The Morgan fingerprint density at radius 3 is 2.60 bits per heavy atom. The molecule has 0 aliphatic heterocycles. The predicted molar refractivity (Wildman–Crippen MR) is 66.6 cm³/mol. The zero-order valence-electron chi connectivity index (χ0n) is 9.83. The molecule has 1 N–H and O–H groups in total. The van der Waals surface area contributed by atoms with Crippen LogP contribution in [0.25, 0.3) is 10.9 Å². The zero-order valence-corrected chi connectivity index (χ0v) is 9.83. The molecule has 0 aliphatic carbocycles. The fourth-order valence-electron chi connectivity index (χ4n) is 2.03. The molecular weight excluding hydrogens is 184 g/mol. The zero-order chi connectivity index (χ0) is 11.0. The molecule has 2 aromatic rings. The van der Waals surface area contributed by atoms with Crippen LogP contribution >= 0.6 is 0 Å². The average molecular weight is 202 g/mol. The molecule has 0 radical (unpaired) electrons. The Bertz CT molecular complexity index is 480. The Balaban J connectivity index is 2.69. The molecule has 2 heteroatoms. The van der Waals surface area contributed by atoms with Crippen LogP contribution in [0.2, 0.25) is 0 Å². The van der Waals surface area contributed by atoms with E-state index in [1.807, 2.05) is 7.05 Å². The predicted octanol–water partition coefficient (Wildman–Crippen LogP) is 3.34. The van der Waals surface area contributed by atoms with Crippen LogP contribution in [-0.2, 0) is 7.05 Å². The highest BCUT2D eigenvalue weighted by molar-refractivity contribution is 5.87. The van der Waals surface area contributed by atoms with Crippen LogP contribution in [-0.4, -0.2) is 11.6 Å². The fraction of sp³-hybridized carbons (Fsp3) is 0.385. The fourth-order valence-corrected chi connectivity index (χ4v) is 2.03. The number of benzene rings is 1. The van der Waals surface area contributed by atoms with Crippen molar-refractivity contribution in [2.45, 2.75) is 19.8 Å². The Kier molecular flexibility index (Phi) is 2.43. The van der Waals surface area contributed by atoms with Gasteiger partial charge in [0.05, 0.1) is 5.52 Å². The lowest BCUT2D eigenvalue weighted by atomic mass is 10.0. The first-order valence-corrected chi connectivity index (χ1v) is 5.40. The second-order valence-corrected chi connectivity index (χ2v) is 4.33. The first-order valence-electron chi connectivity index (χ1n) is 5.40. The van der Waals surface area contributed by atoms with E-state index in [-0.39, 0.29) is 0 Å². The third kappa shape index (κ3) is 1.60. The van der Waals surface area contributed by atoms with Crippen molar-refractivity contribution in [1.82, 2.24) is 4.57 Å². The SMILES string of the molecule is CNc1ccc2c(C(C)C)cn(C)c2c1. The smallest absolute Gasteiger partial charge is 0.0501 e. The number of hydrogen-bond acceptors (Lipinski definition) is 1. The van der Waals surface area contributed by atoms with Crippen molar-refractivity contribution < 1.29 is 0 Å². The second kappa shape index (κ2) is 3.61. The molecule has 0 saturated carbocycles. The van der Waals surface area contributed by atoms with Gasteiger partial charge in [0.15, 0.2) is 0 Å². The van der Waals surface area contributed by atoms with Crippen LogP contribution in [0, 0.1) is 0 Å². The monoisotopic (exact) mass is 202 g/mol. The molecule has 2 rings (SSSR count). The van der Waals surface area contributed by atoms with Gasteiger partial charge in [-0.1, -0.05) is 19.9 Å². The van der Waals surface area contributed by atoms with E-state index in [0.717, 1.165) is 0 Å². The van der Waals surface area contributed by atoms with Crippen LogP contribution in [0.3, 0.4) is 0 Å². The van der Waals surface area contributed by atoms with Gasteiger partial charge in [0.1, 0.15) is 0 Å². The van der Waals surface area contributed by atoms with E-state index >= 15 is 0 Å². The lowest BCUT2D eigenvalue weighted by molar-refractivity contribution is 0.857. The normalized spacial score (nSPS) is 11.3. The maximum atomic E-state index is 3.17. The minimum atomic E-state index is 0.578. The summed E-state index contributed by atoms with van der Waals surface area (Å²) >= 11 is 0. The van der Waals surface area contributed by atoms with Crippen LogP contribution in [0.1, 0.15) is 25.3 Å². The minimum Gasteiger partial charge on any atom is -0.388 e. The number of hydrogen-bond donors (Lipinski definition) is 1. The number of nitrogens with zero attached hydrogens (tertiary/aromatic N) is 1. The Hall–Kier alpha value is -1.44. The van der Waals surface area contributed by atoms with Gasteiger partial charge in [0.25, 0.3) is 0 Å². The van der Waals surface area contributed by atoms with E-state index in [1.165, 1.54) is 22.2 Å². The molecule has 15 heavy (non-hydrogen) atoms. The molecule has 1 aromatic heterocycles. The molecule has 0 spiro atoms. The van der Waals surface area contributed by atoms with E-state index in [1.54, 1.807) is 0 Å². The number of aromatic nitrogens is 1. The Morgan fingerprint density at radius 1 is 1.27 bits per heavy atom. The summed E-state index contributed by atoms with van der Waals surface area (Å²) in [5.74, 6) is 0.578. The van der Waals surface area contributed by atoms with E-state index in [4.69, 9.17) is 0 Å². The van der Waals surface area contributed by atoms with Crippen molar-refractivity contribution in [3.8, 4) is 0 Å². The maximum absolute atomic E-state index is 3.17. The highest BCUT2D eigenvalue weighted by Gasteiger charge is 2.09. The van der Waals surface area contributed by atoms with E-state index in [2.05, 4.69) is 55.2 Å². The summed E-state index contributed by atoms with van der Waals surface area (Å²) in [6.07, 6.45) is 2.23. The molecular formula is C13H18N2. The maximum Gasteiger partial charge on any atom is 0.0501 e. The summed E-state index contributed by atoms with van der Waals surface area (Å²) in [5.41, 5.74) is 3.89. The number of nitrogens with one attached hydrogen (secondary N) is 1. The third-order valence-corrected chi connectivity index (χ3v) is 2.93. The standard InChI is InChI=1S/C13H18N2/c1-9(2)12-8-15(4)13-7-10(14-3)5-6-11(12)13/h5-9,14H,1-4H3. The largest absolute Gasteiger partial charge is 0.388 e. The van der Waals surface area contributed by atoms with Gasteiger partial charge in [-0.15, -0.1) is 0 Å². The molecule has 0 aliphatic rings. The quantitative estimate of drug-likeness (QED) is 0.790. The second-order valence-electron chi connectivity index (χ2n) is 4.33. The number of aryl methyl sites for hydroxylation is 1. The lowest BCUT2D eigenvalue weighted by Crippen LogP contribution is -1.89. The summed E-state index contributed by atoms with van der Waals surface area (Å²) in [6.45, 7) is 4.47. The summed E-state index contributed by atoms with van der Waals surface area (Å²) in [6, 6.07) is 6.53. The van der Waals surface area contributed by atoms with Crippen molar-refractivity contribution in [1.29, 1.82) is 0 Å². The third-order valence-electron chi connectivity index (χ3n) is 2.93. The lowest BCUT2D eigenvalue weighted by Gasteiger charge is -2.03. The minimum absolute atomic E-state index is 0.578. The molecule has 1 heterocycles. The van der Waals surface area contributed by atoms with Gasteiger partial charge >= 0.3 is 0 Å². The van der Waals surface area contributed by atoms with Gasteiger partial charge < -0.3 is 9.88 Å². The van der Waals surface area contributed by atoms with Gasteiger partial charge in [0, 0.05) is 31.4 Å². The van der Waals surface area contributed by atoms with Crippen LogP contribution in [0.5, 0.6) is 0 Å². The molecule has 2 nitrogen and oxygen atoms in total. The van der Waals surface area contributed by atoms with E-state index in [9.17, 15) is 0 Å². The van der Waals surface area contributed by atoms with Crippen molar-refractivity contribution in [2.75, 3.05) is 12.4 Å². The van der Waals surface area contributed by atoms with E-state index < -0.39 is 0 Å². The molecule has 0 amide bonds. The molecule has 0 unspecified atom stereocenters. The van der Waals surface area contributed by atoms with Crippen LogP contribution in [0.15, 0.2) is 24.4 Å². The summed E-state index contributed by atoms with van der Waals surface area (Å²) in [5, 5.41) is 4.54. The van der Waals surface area contributed by atoms with Gasteiger partial charge in [-0.2, -0.15) is 0 Å². The topological polar surface area (TPSA) is 17.0 Å². The highest BCUT2D eigenvalue weighted by atomic mass is 14.9. The van der Waals surface area contributed by atoms with Crippen LogP contribution in [0.4, 0.5) is 5.69 Å². The first-order chi connectivity index (χ1) is 7.13. The molecule has 0 fully saturated rings. The van der Waals surface area contributed by atoms with Crippen molar-refractivity contribution in [3.63, 3.8) is 0 Å². The number of anilines is 1. The Labute approximate surface area is 90.9 Å². The molecule has 0 saturated heterocycles. The highest BCUT2D eigenvalue weighted by Crippen LogP contribution is 2.28. The van der Waals surface area contributed by atoms with Crippen molar-refractivity contribution in [2.24, 2.45) is 7.05 Å². The van der Waals surface area contributed by atoms with Crippen LogP contribution < -0.4 is 5.32 Å².